The highest BCUT2D eigenvalue weighted by Crippen LogP contribution is 2.25. The number of carbonyl (C=O) groups is 1. The van der Waals surface area contributed by atoms with E-state index in [2.05, 4.69) is 15.5 Å². The Labute approximate surface area is 211 Å². The van der Waals surface area contributed by atoms with Crippen LogP contribution in [0, 0.1) is 0 Å². The third kappa shape index (κ3) is 4.05. The van der Waals surface area contributed by atoms with E-state index >= 15 is 0 Å². The first-order chi connectivity index (χ1) is 17.7. The van der Waals surface area contributed by atoms with Crippen LogP contribution in [0.3, 0.4) is 0 Å². The van der Waals surface area contributed by atoms with Gasteiger partial charge in [0.2, 0.25) is 5.91 Å². The molecule has 0 saturated carbocycles. The van der Waals surface area contributed by atoms with Gasteiger partial charge in [0.05, 0.1) is 5.52 Å². The molecule has 3 heterocycles. The maximum Gasteiger partial charge on any atom is 0.258 e. The van der Waals surface area contributed by atoms with Gasteiger partial charge >= 0.3 is 0 Å². The second-order valence-electron chi connectivity index (χ2n) is 8.53. The predicted molar refractivity (Wildman–Crippen MR) is 139 cm³/mol. The van der Waals surface area contributed by atoms with Gasteiger partial charge in [0, 0.05) is 35.4 Å². The smallest absolute Gasteiger partial charge is 0.258 e. The maximum atomic E-state index is 12.4. The van der Waals surface area contributed by atoms with Crippen molar-refractivity contribution in [1.29, 1.82) is 0 Å². The summed E-state index contributed by atoms with van der Waals surface area (Å²) >= 11 is 6.18. The van der Waals surface area contributed by atoms with Gasteiger partial charge in [-0.1, -0.05) is 72.3 Å². The second-order valence-corrected chi connectivity index (χ2v) is 8.93. The van der Waals surface area contributed by atoms with Crippen molar-refractivity contribution in [3.63, 3.8) is 0 Å². The fourth-order valence-corrected chi connectivity index (χ4v) is 4.58. The van der Waals surface area contributed by atoms with Crippen LogP contribution in [0.5, 0.6) is 0 Å². The van der Waals surface area contributed by atoms with Crippen molar-refractivity contribution >= 4 is 39.8 Å². The highest BCUT2D eigenvalue weighted by molar-refractivity contribution is 6.31. The number of carbonyl (C=O) groups excluding carboxylic acids is 1. The molecule has 3 aromatic carbocycles. The Kier molecular flexibility index (Phi) is 5.79. The Balaban J connectivity index is 1.27. The van der Waals surface area contributed by atoms with Gasteiger partial charge in [0.1, 0.15) is 5.82 Å². The van der Waals surface area contributed by atoms with Gasteiger partial charge in [-0.05, 0) is 30.2 Å². The molecule has 0 saturated heterocycles. The molecule has 3 aromatic heterocycles. The lowest BCUT2D eigenvalue weighted by atomic mass is 10.2. The van der Waals surface area contributed by atoms with E-state index in [1.165, 1.54) is 0 Å². The minimum atomic E-state index is -0.0280. The third-order valence-electron chi connectivity index (χ3n) is 6.17. The standard InChI is InChI=1S/C27H22ClN7O/c28-21-13-6-4-11-19(21)17-29-24(36)16-8-15-23-31-32-27-34(23)22-14-7-5-12-20(22)26-30-25(33-35(26)27)18-9-2-1-3-10-18/h1-7,9-14H,8,15-17H2,(H,29,36). The molecule has 0 unspecified atom stereocenters. The number of para-hydroxylation sites is 1. The molecule has 0 radical (unpaired) electrons. The Morgan fingerprint density at radius 3 is 2.56 bits per heavy atom. The molecule has 0 fully saturated rings. The Bertz CT molecular complexity index is 1710. The van der Waals surface area contributed by atoms with Crippen LogP contribution < -0.4 is 5.32 Å². The number of hydrogen-bond acceptors (Lipinski definition) is 5. The molecule has 0 aliphatic carbocycles. The monoisotopic (exact) mass is 495 g/mol. The van der Waals surface area contributed by atoms with Gasteiger partial charge in [-0.25, -0.2) is 4.98 Å². The molecule has 0 bridgehead atoms. The van der Waals surface area contributed by atoms with Crippen LogP contribution in [0.25, 0.3) is 33.7 Å². The van der Waals surface area contributed by atoms with Crippen molar-refractivity contribution in [3.05, 3.63) is 95.3 Å². The molecule has 1 N–H and O–H groups in total. The lowest BCUT2D eigenvalue weighted by molar-refractivity contribution is -0.121. The van der Waals surface area contributed by atoms with Crippen molar-refractivity contribution in [2.24, 2.45) is 0 Å². The molecular formula is C27H22ClN7O. The number of aromatic nitrogens is 6. The zero-order valence-corrected chi connectivity index (χ0v) is 20.1. The number of aryl methyl sites for hydroxylation is 1. The highest BCUT2D eigenvalue weighted by atomic mass is 35.5. The van der Waals surface area contributed by atoms with Crippen LogP contribution in [-0.4, -0.2) is 35.1 Å². The predicted octanol–water partition coefficient (Wildman–Crippen LogP) is 4.88. The molecule has 6 aromatic rings. The number of fused-ring (bicyclic) bond motifs is 6. The summed E-state index contributed by atoms with van der Waals surface area (Å²) in [5.74, 6) is 1.98. The summed E-state index contributed by atoms with van der Waals surface area (Å²) < 4.78 is 3.75. The average molecular weight is 496 g/mol. The van der Waals surface area contributed by atoms with Crippen LogP contribution in [0.2, 0.25) is 5.02 Å². The largest absolute Gasteiger partial charge is 0.352 e. The number of benzene rings is 3. The first kappa shape index (κ1) is 22.2. The van der Waals surface area contributed by atoms with Crippen molar-refractivity contribution in [3.8, 4) is 11.4 Å². The van der Waals surface area contributed by atoms with Gasteiger partial charge in [-0.2, -0.15) is 4.52 Å². The summed E-state index contributed by atoms with van der Waals surface area (Å²) in [6, 6.07) is 25.4. The van der Waals surface area contributed by atoms with Crippen molar-refractivity contribution in [1.82, 2.24) is 34.5 Å². The first-order valence-corrected chi connectivity index (χ1v) is 12.1. The molecule has 0 aliphatic rings. The van der Waals surface area contributed by atoms with Gasteiger partial charge in [0.25, 0.3) is 5.78 Å². The molecule has 1 amide bonds. The summed E-state index contributed by atoms with van der Waals surface area (Å²) in [6.45, 7) is 0.408. The van der Waals surface area contributed by atoms with E-state index in [1.807, 2.05) is 83.3 Å². The normalized spacial score (nSPS) is 11.5. The van der Waals surface area contributed by atoms with E-state index in [0.717, 1.165) is 33.5 Å². The van der Waals surface area contributed by atoms with E-state index in [4.69, 9.17) is 21.7 Å². The molecule has 0 spiro atoms. The molecular weight excluding hydrogens is 474 g/mol. The van der Waals surface area contributed by atoms with Crippen molar-refractivity contribution in [2.75, 3.05) is 0 Å². The van der Waals surface area contributed by atoms with E-state index < -0.39 is 0 Å². The average Bonchev–Trinajstić information content (AvgIpc) is 3.54. The van der Waals surface area contributed by atoms with E-state index in [1.54, 1.807) is 4.52 Å². The molecule has 0 atom stereocenters. The van der Waals surface area contributed by atoms with Crippen molar-refractivity contribution in [2.45, 2.75) is 25.8 Å². The second kappa shape index (κ2) is 9.39. The SMILES string of the molecule is O=C(CCCc1nnc2n3nc(-c4ccccc4)nc3c3ccccc3n12)NCc1ccccc1Cl. The molecule has 9 heteroatoms. The fraction of sp³-hybridized carbons (Fsp3) is 0.148. The number of nitrogens with zero attached hydrogens (tertiary/aromatic N) is 6. The Morgan fingerprint density at radius 1 is 0.917 bits per heavy atom. The lowest BCUT2D eigenvalue weighted by Crippen LogP contribution is -2.22. The zero-order chi connectivity index (χ0) is 24.5. The zero-order valence-electron chi connectivity index (χ0n) is 19.3. The quantitative estimate of drug-likeness (QED) is 0.341. The summed E-state index contributed by atoms with van der Waals surface area (Å²) in [5, 5.41) is 18.2. The molecule has 178 valence electrons. The number of hydrogen-bond donors (Lipinski definition) is 1. The minimum Gasteiger partial charge on any atom is -0.352 e. The minimum absolute atomic E-state index is 0.0280. The highest BCUT2D eigenvalue weighted by Gasteiger charge is 2.18. The summed E-state index contributed by atoms with van der Waals surface area (Å²) in [6.07, 6.45) is 1.60. The third-order valence-corrected chi connectivity index (χ3v) is 6.53. The number of nitrogens with one attached hydrogen (secondary N) is 1. The van der Waals surface area contributed by atoms with E-state index in [9.17, 15) is 4.79 Å². The maximum absolute atomic E-state index is 12.4. The molecule has 36 heavy (non-hydrogen) atoms. The van der Waals surface area contributed by atoms with Crippen LogP contribution >= 0.6 is 11.6 Å². The summed E-state index contributed by atoms with van der Waals surface area (Å²) in [7, 11) is 0. The number of halogens is 1. The molecule has 0 aliphatic heterocycles. The first-order valence-electron chi connectivity index (χ1n) is 11.8. The van der Waals surface area contributed by atoms with Gasteiger partial charge in [-0.15, -0.1) is 15.3 Å². The Morgan fingerprint density at radius 2 is 1.69 bits per heavy atom. The van der Waals surface area contributed by atoms with Crippen molar-refractivity contribution < 1.29 is 4.79 Å². The fourth-order valence-electron chi connectivity index (χ4n) is 4.38. The van der Waals surface area contributed by atoms with E-state index in [-0.39, 0.29) is 5.91 Å². The summed E-state index contributed by atoms with van der Waals surface area (Å²) in [5.41, 5.74) is 3.52. The number of rotatable bonds is 7. The lowest BCUT2D eigenvalue weighted by Gasteiger charge is -2.08. The Hall–Kier alpha value is -4.30. The topological polar surface area (TPSA) is 89.5 Å². The van der Waals surface area contributed by atoms with Crippen LogP contribution in [-0.2, 0) is 17.8 Å². The summed E-state index contributed by atoms with van der Waals surface area (Å²) in [4.78, 5) is 17.2. The van der Waals surface area contributed by atoms with Gasteiger partial charge < -0.3 is 5.32 Å². The van der Waals surface area contributed by atoms with Crippen LogP contribution in [0.1, 0.15) is 24.2 Å². The van der Waals surface area contributed by atoms with Crippen LogP contribution in [0.15, 0.2) is 78.9 Å². The number of amides is 1. The molecule has 8 nitrogen and oxygen atoms in total. The molecule has 6 rings (SSSR count). The van der Waals surface area contributed by atoms with Gasteiger partial charge in [-0.3, -0.25) is 9.20 Å². The van der Waals surface area contributed by atoms with Crippen LogP contribution in [0.4, 0.5) is 0 Å². The van der Waals surface area contributed by atoms with E-state index in [0.29, 0.717) is 42.4 Å². The van der Waals surface area contributed by atoms with Gasteiger partial charge in [0.15, 0.2) is 11.5 Å².